The number of hydrogen-bond acceptors (Lipinski definition) is 6. The van der Waals surface area contributed by atoms with Crippen molar-refractivity contribution in [2.75, 3.05) is 27.4 Å². The first-order valence-corrected chi connectivity index (χ1v) is 10.5. The van der Waals surface area contributed by atoms with E-state index in [1.165, 1.54) is 7.11 Å². The van der Waals surface area contributed by atoms with E-state index in [2.05, 4.69) is 48.0 Å². The van der Waals surface area contributed by atoms with Crippen LogP contribution in [0.3, 0.4) is 0 Å². The van der Waals surface area contributed by atoms with Crippen LogP contribution in [0.25, 0.3) is 0 Å². The molecule has 0 fully saturated rings. The summed E-state index contributed by atoms with van der Waals surface area (Å²) in [7, 11) is 3.09. The molecular formula is C19H19Br2N3O5S. The maximum Gasteiger partial charge on any atom is 0.269 e. The minimum Gasteiger partial charge on any atom is -0.496 e. The zero-order valence-electron chi connectivity index (χ0n) is 16.1. The first-order valence-electron chi connectivity index (χ1n) is 8.52. The highest BCUT2D eigenvalue weighted by Crippen LogP contribution is 2.25. The van der Waals surface area contributed by atoms with E-state index in [1.54, 1.807) is 43.5 Å². The van der Waals surface area contributed by atoms with Gasteiger partial charge < -0.3 is 14.2 Å². The first kappa shape index (κ1) is 24.1. The Balaban J connectivity index is 1.96. The number of carbonyl (C=O) groups is 2. The van der Waals surface area contributed by atoms with Crippen LogP contribution in [-0.4, -0.2) is 44.4 Å². The lowest BCUT2D eigenvalue weighted by Gasteiger charge is -2.14. The monoisotopic (exact) mass is 559 g/mol. The van der Waals surface area contributed by atoms with Gasteiger partial charge in [-0.25, -0.2) is 0 Å². The number of amides is 2. The van der Waals surface area contributed by atoms with E-state index in [4.69, 9.17) is 26.4 Å². The van der Waals surface area contributed by atoms with Crippen LogP contribution in [0.5, 0.6) is 11.5 Å². The van der Waals surface area contributed by atoms with Gasteiger partial charge in [0.2, 0.25) is 0 Å². The van der Waals surface area contributed by atoms with Gasteiger partial charge in [-0.05, 0) is 64.5 Å². The minimum absolute atomic E-state index is 0.0799. The van der Waals surface area contributed by atoms with Crippen molar-refractivity contribution in [3.8, 4) is 11.5 Å². The molecule has 2 aromatic carbocycles. The molecule has 2 aromatic rings. The average molecular weight is 561 g/mol. The van der Waals surface area contributed by atoms with E-state index in [1.807, 2.05) is 0 Å². The third kappa shape index (κ3) is 6.94. The Morgan fingerprint density at radius 3 is 2.37 bits per heavy atom. The van der Waals surface area contributed by atoms with E-state index in [0.717, 1.165) is 0 Å². The van der Waals surface area contributed by atoms with Crippen molar-refractivity contribution >= 4 is 61.0 Å². The lowest BCUT2D eigenvalue weighted by molar-refractivity contribution is 0.0933. The number of ether oxygens (including phenoxy) is 3. The predicted octanol–water partition coefficient (Wildman–Crippen LogP) is 3.19. The van der Waals surface area contributed by atoms with Crippen LogP contribution in [0.15, 0.2) is 45.3 Å². The molecule has 160 valence electrons. The van der Waals surface area contributed by atoms with Gasteiger partial charge in [-0.15, -0.1) is 0 Å². The van der Waals surface area contributed by atoms with Gasteiger partial charge in [-0.1, -0.05) is 15.9 Å². The fraction of sp³-hybridized carbons (Fsp3) is 0.211. The largest absolute Gasteiger partial charge is 0.496 e. The molecule has 0 bridgehead atoms. The fourth-order valence-corrected chi connectivity index (χ4v) is 3.28. The SMILES string of the molecule is COCCOc1ccc(Br)cc1C(=O)NC(=S)NNC(=O)c1ccc(OC)c(Br)c1. The van der Waals surface area contributed by atoms with Crippen molar-refractivity contribution < 1.29 is 23.8 Å². The Hall–Kier alpha value is -2.21. The van der Waals surface area contributed by atoms with Gasteiger partial charge in [0.25, 0.3) is 11.8 Å². The Kier molecular flexibility index (Phi) is 9.50. The lowest BCUT2D eigenvalue weighted by atomic mass is 10.2. The van der Waals surface area contributed by atoms with Crippen molar-refractivity contribution in [2.45, 2.75) is 0 Å². The standard InChI is InChI=1S/C19H19Br2N3O5S/c1-27-7-8-29-15-6-4-12(20)10-13(15)18(26)22-19(30)24-23-17(25)11-3-5-16(28-2)14(21)9-11/h3-6,9-10H,7-8H2,1-2H3,(H,23,25)(H2,22,24,26,30). The minimum atomic E-state index is -0.498. The zero-order chi connectivity index (χ0) is 22.1. The van der Waals surface area contributed by atoms with Crippen LogP contribution < -0.4 is 25.6 Å². The highest BCUT2D eigenvalue weighted by atomic mass is 79.9. The quantitative estimate of drug-likeness (QED) is 0.272. The summed E-state index contributed by atoms with van der Waals surface area (Å²) in [5, 5.41) is 2.42. The number of methoxy groups -OCH3 is 2. The van der Waals surface area contributed by atoms with Gasteiger partial charge in [0.15, 0.2) is 5.11 Å². The van der Waals surface area contributed by atoms with Crippen LogP contribution in [0.4, 0.5) is 0 Å². The molecule has 0 atom stereocenters. The first-order chi connectivity index (χ1) is 14.3. The van der Waals surface area contributed by atoms with Crippen LogP contribution in [0.1, 0.15) is 20.7 Å². The van der Waals surface area contributed by atoms with Gasteiger partial charge in [0.05, 0.1) is 23.8 Å². The van der Waals surface area contributed by atoms with Gasteiger partial charge >= 0.3 is 0 Å². The molecule has 0 aliphatic carbocycles. The smallest absolute Gasteiger partial charge is 0.269 e. The number of thiocarbonyl (C=S) groups is 1. The highest BCUT2D eigenvalue weighted by Gasteiger charge is 2.16. The third-order valence-corrected chi connectivity index (χ3v) is 4.98. The summed E-state index contributed by atoms with van der Waals surface area (Å²) < 4.78 is 17.0. The summed E-state index contributed by atoms with van der Waals surface area (Å²) in [6.45, 7) is 0.666. The van der Waals surface area contributed by atoms with Crippen molar-refractivity contribution in [2.24, 2.45) is 0 Å². The Morgan fingerprint density at radius 1 is 0.967 bits per heavy atom. The van der Waals surface area contributed by atoms with Crippen LogP contribution in [0.2, 0.25) is 0 Å². The summed E-state index contributed by atoms with van der Waals surface area (Å²) in [6.07, 6.45) is 0. The second kappa shape index (κ2) is 11.8. The molecule has 0 unspecified atom stereocenters. The van der Waals surface area contributed by atoms with E-state index < -0.39 is 11.8 Å². The Labute approximate surface area is 195 Å². The topological polar surface area (TPSA) is 97.9 Å². The predicted molar refractivity (Wildman–Crippen MR) is 123 cm³/mol. The number of halogens is 2. The number of hydrogen-bond donors (Lipinski definition) is 3. The second-order valence-corrected chi connectivity index (χ2v) is 7.87. The molecule has 11 heteroatoms. The van der Waals surface area contributed by atoms with Gasteiger partial charge in [0, 0.05) is 17.1 Å². The van der Waals surface area contributed by atoms with E-state index in [0.29, 0.717) is 32.6 Å². The lowest BCUT2D eigenvalue weighted by Crippen LogP contribution is -2.48. The number of rotatable bonds is 7. The van der Waals surface area contributed by atoms with Crippen molar-refractivity contribution in [1.29, 1.82) is 0 Å². The molecule has 0 aromatic heterocycles. The number of hydrazine groups is 1. The van der Waals surface area contributed by atoms with Crippen LogP contribution in [0, 0.1) is 0 Å². The summed E-state index contributed by atoms with van der Waals surface area (Å²) in [5.41, 5.74) is 5.56. The molecule has 0 saturated heterocycles. The van der Waals surface area contributed by atoms with Gasteiger partial charge in [-0.2, -0.15) is 0 Å². The van der Waals surface area contributed by atoms with E-state index >= 15 is 0 Å². The van der Waals surface area contributed by atoms with Crippen molar-refractivity contribution in [1.82, 2.24) is 16.2 Å². The number of carbonyl (C=O) groups excluding carboxylic acids is 2. The van der Waals surface area contributed by atoms with Gasteiger partial charge in [0.1, 0.15) is 18.1 Å². The molecular weight excluding hydrogens is 542 g/mol. The number of benzene rings is 2. The maximum atomic E-state index is 12.6. The van der Waals surface area contributed by atoms with Crippen LogP contribution in [-0.2, 0) is 4.74 Å². The van der Waals surface area contributed by atoms with Crippen molar-refractivity contribution in [3.05, 3.63) is 56.5 Å². The molecule has 0 aliphatic heterocycles. The maximum absolute atomic E-state index is 12.6. The molecule has 0 saturated carbocycles. The fourth-order valence-electron chi connectivity index (χ4n) is 2.24. The third-order valence-electron chi connectivity index (χ3n) is 3.66. The second-order valence-electron chi connectivity index (χ2n) is 5.69. The molecule has 30 heavy (non-hydrogen) atoms. The van der Waals surface area contributed by atoms with E-state index in [-0.39, 0.29) is 17.3 Å². The summed E-state index contributed by atoms with van der Waals surface area (Å²) in [6, 6.07) is 9.86. The summed E-state index contributed by atoms with van der Waals surface area (Å²) >= 11 is 11.7. The molecule has 0 radical (unpaired) electrons. The molecule has 0 heterocycles. The molecule has 0 aliphatic rings. The number of nitrogens with one attached hydrogen (secondary N) is 3. The average Bonchev–Trinajstić information content (AvgIpc) is 2.73. The summed E-state index contributed by atoms with van der Waals surface area (Å²) in [5.74, 6) is 0.0335. The zero-order valence-corrected chi connectivity index (χ0v) is 20.1. The molecule has 3 N–H and O–H groups in total. The van der Waals surface area contributed by atoms with Gasteiger partial charge in [-0.3, -0.25) is 25.8 Å². The Morgan fingerprint density at radius 2 is 1.70 bits per heavy atom. The molecule has 2 amide bonds. The van der Waals surface area contributed by atoms with Crippen molar-refractivity contribution in [3.63, 3.8) is 0 Å². The molecule has 0 spiro atoms. The normalized spacial score (nSPS) is 10.1. The summed E-state index contributed by atoms with van der Waals surface area (Å²) in [4.78, 5) is 24.8. The van der Waals surface area contributed by atoms with Crippen LogP contribution >= 0.6 is 44.1 Å². The molecule has 2 rings (SSSR count). The highest BCUT2D eigenvalue weighted by molar-refractivity contribution is 9.10. The molecule has 8 nitrogen and oxygen atoms in total. The Bertz CT molecular complexity index is 942. The van der Waals surface area contributed by atoms with E-state index in [9.17, 15) is 9.59 Å².